The summed E-state index contributed by atoms with van der Waals surface area (Å²) in [6, 6.07) is 6.02. The molecule has 0 spiro atoms. The van der Waals surface area contributed by atoms with E-state index in [1.165, 1.54) is 4.68 Å². The van der Waals surface area contributed by atoms with E-state index in [0.29, 0.717) is 42.8 Å². The van der Waals surface area contributed by atoms with Crippen LogP contribution in [0, 0.1) is 12.8 Å². The number of aliphatic hydroxyl groups is 1. The van der Waals surface area contributed by atoms with Gasteiger partial charge in [0.2, 0.25) is 5.95 Å². The predicted octanol–water partition coefficient (Wildman–Crippen LogP) is 4.85. The summed E-state index contributed by atoms with van der Waals surface area (Å²) >= 11 is 0. The van der Waals surface area contributed by atoms with Crippen LogP contribution in [0.5, 0.6) is 0 Å². The SMILES string of the molecule is Cc1cc(Nc2nccc(C(F)(F)F)n2)cc(-n2cc([C@]3(O)CC[C@@H](C(=O)OC(C)(C)C)CC3)nn2)c1. The Morgan fingerprint density at radius 3 is 2.54 bits per heavy atom. The zero-order valence-corrected chi connectivity index (χ0v) is 21.0. The summed E-state index contributed by atoms with van der Waals surface area (Å²) in [4.78, 5) is 19.8. The lowest BCUT2D eigenvalue weighted by atomic mass is 9.77. The van der Waals surface area contributed by atoms with Gasteiger partial charge in [-0.3, -0.25) is 4.79 Å². The van der Waals surface area contributed by atoms with Crippen molar-refractivity contribution in [1.29, 1.82) is 0 Å². The molecule has 0 radical (unpaired) electrons. The molecule has 4 rings (SSSR count). The lowest BCUT2D eigenvalue weighted by molar-refractivity contribution is -0.163. The molecule has 198 valence electrons. The number of benzene rings is 1. The van der Waals surface area contributed by atoms with E-state index in [2.05, 4.69) is 25.6 Å². The fraction of sp³-hybridized carbons (Fsp3) is 0.480. The Hall–Kier alpha value is -3.54. The Kier molecular flexibility index (Phi) is 6.97. The molecule has 37 heavy (non-hydrogen) atoms. The van der Waals surface area contributed by atoms with Crippen molar-refractivity contribution in [3.8, 4) is 5.69 Å². The van der Waals surface area contributed by atoms with E-state index in [0.717, 1.165) is 17.8 Å². The van der Waals surface area contributed by atoms with Crippen molar-refractivity contribution in [1.82, 2.24) is 25.0 Å². The summed E-state index contributed by atoms with van der Waals surface area (Å²) in [6.07, 6.45) is -0.321. The molecule has 1 aliphatic carbocycles. The number of carbonyl (C=O) groups excluding carboxylic acids is 1. The highest BCUT2D eigenvalue weighted by Crippen LogP contribution is 2.39. The molecule has 1 aliphatic rings. The molecular weight excluding hydrogens is 489 g/mol. The van der Waals surface area contributed by atoms with Gasteiger partial charge in [0.25, 0.3) is 0 Å². The second-order valence-electron chi connectivity index (χ2n) is 10.3. The highest BCUT2D eigenvalue weighted by atomic mass is 19.4. The van der Waals surface area contributed by atoms with Crippen molar-refractivity contribution >= 4 is 17.6 Å². The quantitative estimate of drug-likeness (QED) is 0.461. The summed E-state index contributed by atoms with van der Waals surface area (Å²) in [5.41, 5.74) is -0.612. The Labute approximate surface area is 212 Å². The fourth-order valence-corrected chi connectivity index (χ4v) is 4.25. The first-order valence-corrected chi connectivity index (χ1v) is 11.9. The standard InChI is InChI=1S/C25H29F3N6O3/c1-15-11-17(30-22-29-10-7-19(31-22)25(26,27)28)13-18(12-15)34-14-20(32-33-34)24(36)8-5-16(6-9-24)21(35)37-23(2,3)4/h7,10-14,16,36H,5-6,8-9H2,1-4H3,(H,29,30,31)/t16-,24+. The van der Waals surface area contributed by atoms with Gasteiger partial charge in [-0.15, -0.1) is 5.10 Å². The molecule has 3 aromatic rings. The van der Waals surface area contributed by atoms with Crippen molar-refractivity contribution < 1.29 is 27.8 Å². The van der Waals surface area contributed by atoms with E-state index >= 15 is 0 Å². The summed E-state index contributed by atoms with van der Waals surface area (Å²) in [7, 11) is 0. The van der Waals surface area contributed by atoms with Crippen LogP contribution in [0.3, 0.4) is 0 Å². The van der Waals surface area contributed by atoms with Crippen LogP contribution >= 0.6 is 0 Å². The third kappa shape index (κ3) is 6.43. The number of esters is 1. The number of aromatic nitrogens is 5. The first-order valence-electron chi connectivity index (χ1n) is 11.9. The normalized spacial score (nSPS) is 20.5. The van der Waals surface area contributed by atoms with Crippen LogP contribution in [0.15, 0.2) is 36.7 Å². The Morgan fingerprint density at radius 2 is 1.89 bits per heavy atom. The van der Waals surface area contributed by atoms with Crippen LogP contribution in [-0.2, 0) is 21.3 Å². The van der Waals surface area contributed by atoms with E-state index in [-0.39, 0.29) is 17.8 Å². The fourth-order valence-electron chi connectivity index (χ4n) is 4.25. The average molecular weight is 519 g/mol. The molecule has 1 aromatic carbocycles. The second-order valence-corrected chi connectivity index (χ2v) is 10.3. The third-order valence-corrected chi connectivity index (χ3v) is 6.05. The number of nitrogens with zero attached hydrogens (tertiary/aromatic N) is 5. The van der Waals surface area contributed by atoms with Crippen LogP contribution in [-0.4, -0.2) is 41.6 Å². The van der Waals surface area contributed by atoms with Crippen LogP contribution in [0.2, 0.25) is 0 Å². The molecule has 0 bridgehead atoms. The van der Waals surface area contributed by atoms with Crippen molar-refractivity contribution in [2.45, 2.75) is 70.8 Å². The van der Waals surface area contributed by atoms with Gasteiger partial charge in [-0.25, -0.2) is 14.6 Å². The number of hydrogen-bond donors (Lipinski definition) is 2. The highest BCUT2D eigenvalue weighted by molar-refractivity contribution is 5.73. The van der Waals surface area contributed by atoms with Gasteiger partial charge in [0.15, 0.2) is 0 Å². The molecule has 0 aliphatic heterocycles. The van der Waals surface area contributed by atoms with E-state index in [1.807, 2.05) is 33.8 Å². The first-order chi connectivity index (χ1) is 17.2. The van der Waals surface area contributed by atoms with Gasteiger partial charge in [-0.1, -0.05) is 5.21 Å². The topological polar surface area (TPSA) is 115 Å². The molecule has 1 fully saturated rings. The minimum atomic E-state index is -4.58. The lowest BCUT2D eigenvalue weighted by Gasteiger charge is -2.34. The highest BCUT2D eigenvalue weighted by Gasteiger charge is 2.40. The van der Waals surface area contributed by atoms with Gasteiger partial charge in [0.05, 0.1) is 17.8 Å². The molecular formula is C25H29F3N6O3. The maximum Gasteiger partial charge on any atom is 0.433 e. The Bertz CT molecular complexity index is 1280. The summed E-state index contributed by atoms with van der Waals surface area (Å²) in [6.45, 7) is 7.29. The van der Waals surface area contributed by atoms with Crippen molar-refractivity contribution in [2.75, 3.05) is 5.32 Å². The number of anilines is 2. The van der Waals surface area contributed by atoms with Gasteiger partial charge < -0.3 is 15.2 Å². The smallest absolute Gasteiger partial charge is 0.433 e. The predicted molar refractivity (Wildman–Crippen MR) is 128 cm³/mol. The van der Waals surface area contributed by atoms with Gasteiger partial charge in [0.1, 0.15) is 22.6 Å². The third-order valence-electron chi connectivity index (χ3n) is 6.05. The van der Waals surface area contributed by atoms with Crippen LogP contribution in [0.4, 0.5) is 24.8 Å². The molecule has 1 saturated carbocycles. The van der Waals surface area contributed by atoms with Crippen molar-refractivity contribution in [3.63, 3.8) is 0 Å². The lowest BCUT2D eigenvalue weighted by Crippen LogP contribution is -2.36. The molecule has 0 amide bonds. The number of rotatable bonds is 5. The molecule has 0 unspecified atom stereocenters. The molecule has 2 aromatic heterocycles. The zero-order chi connectivity index (χ0) is 27.0. The molecule has 9 nitrogen and oxygen atoms in total. The van der Waals surface area contributed by atoms with E-state index < -0.39 is 23.1 Å². The molecule has 2 heterocycles. The number of alkyl halides is 3. The minimum Gasteiger partial charge on any atom is -0.460 e. The Morgan fingerprint density at radius 1 is 1.19 bits per heavy atom. The number of nitrogens with one attached hydrogen (secondary N) is 1. The Balaban J connectivity index is 1.49. The van der Waals surface area contributed by atoms with Gasteiger partial charge in [-0.05, 0) is 83.2 Å². The number of carbonyl (C=O) groups is 1. The van der Waals surface area contributed by atoms with Crippen molar-refractivity contribution in [2.24, 2.45) is 5.92 Å². The van der Waals surface area contributed by atoms with E-state index in [1.54, 1.807) is 18.3 Å². The van der Waals surface area contributed by atoms with E-state index in [4.69, 9.17) is 4.74 Å². The number of ether oxygens (including phenoxy) is 1. The van der Waals surface area contributed by atoms with Crippen LogP contribution in [0.1, 0.15) is 63.4 Å². The number of hydrogen-bond acceptors (Lipinski definition) is 8. The first kappa shape index (κ1) is 26.5. The maximum atomic E-state index is 13.0. The number of halogens is 3. The van der Waals surface area contributed by atoms with Gasteiger partial charge in [-0.2, -0.15) is 13.2 Å². The van der Waals surface area contributed by atoms with Gasteiger partial charge in [0, 0.05) is 11.9 Å². The average Bonchev–Trinajstić information content (AvgIpc) is 3.29. The summed E-state index contributed by atoms with van der Waals surface area (Å²) in [5.74, 6) is -0.734. The largest absolute Gasteiger partial charge is 0.460 e. The van der Waals surface area contributed by atoms with Crippen LogP contribution < -0.4 is 5.32 Å². The monoisotopic (exact) mass is 518 g/mol. The zero-order valence-electron chi connectivity index (χ0n) is 21.0. The summed E-state index contributed by atoms with van der Waals surface area (Å²) in [5, 5.41) is 22.4. The molecule has 0 atom stereocenters. The number of aryl methyl sites for hydroxylation is 1. The van der Waals surface area contributed by atoms with E-state index in [9.17, 15) is 23.1 Å². The van der Waals surface area contributed by atoms with Crippen LogP contribution in [0.25, 0.3) is 5.69 Å². The summed E-state index contributed by atoms with van der Waals surface area (Å²) < 4.78 is 45.9. The minimum absolute atomic E-state index is 0.193. The second kappa shape index (κ2) is 9.73. The molecule has 0 saturated heterocycles. The van der Waals surface area contributed by atoms with Gasteiger partial charge >= 0.3 is 12.1 Å². The maximum absolute atomic E-state index is 13.0. The molecule has 12 heteroatoms. The molecule has 2 N–H and O–H groups in total. The van der Waals surface area contributed by atoms with Crippen molar-refractivity contribution in [3.05, 3.63) is 53.6 Å².